The second-order valence-electron chi connectivity index (χ2n) is 10.7. The summed E-state index contributed by atoms with van der Waals surface area (Å²) in [5.74, 6) is 2.07. The predicted molar refractivity (Wildman–Crippen MR) is 161 cm³/mol. The molecule has 2 amide bonds. The highest BCUT2D eigenvalue weighted by atomic mass is 19.1. The summed E-state index contributed by atoms with van der Waals surface area (Å²) in [5.41, 5.74) is 2.10. The van der Waals surface area contributed by atoms with Gasteiger partial charge in [0, 0.05) is 47.4 Å². The van der Waals surface area contributed by atoms with Crippen molar-refractivity contribution in [3.8, 4) is 34.3 Å². The average molecular weight is 570 g/mol. The number of imidazole rings is 1. The second-order valence-corrected chi connectivity index (χ2v) is 10.7. The monoisotopic (exact) mass is 569 g/mol. The number of hydrogen-bond donors (Lipinski definition) is 2. The van der Waals surface area contributed by atoms with Crippen LogP contribution in [-0.2, 0) is 12.5 Å². The zero-order valence-corrected chi connectivity index (χ0v) is 24.3. The molecule has 2 aromatic heterocycles. The molecule has 0 unspecified atom stereocenters. The number of methoxy groups -OCH3 is 2. The molecule has 0 atom stereocenters. The number of nitrogens with zero attached hydrogens (tertiary/aromatic N) is 3. The number of pyridine rings is 1. The third-order valence-electron chi connectivity index (χ3n) is 6.66. The van der Waals surface area contributed by atoms with E-state index in [2.05, 4.69) is 36.4 Å². The van der Waals surface area contributed by atoms with Crippen LogP contribution in [0.15, 0.2) is 72.9 Å². The number of halogens is 1. The quantitative estimate of drug-likeness (QED) is 0.210. The number of benzene rings is 3. The van der Waals surface area contributed by atoms with E-state index in [1.807, 2.05) is 41.9 Å². The van der Waals surface area contributed by atoms with Crippen molar-refractivity contribution in [2.24, 2.45) is 7.05 Å². The number of hydrogen-bond acceptors (Lipinski definition) is 6. The highest BCUT2D eigenvalue weighted by molar-refractivity contribution is 6.01. The fourth-order valence-corrected chi connectivity index (χ4v) is 4.70. The van der Waals surface area contributed by atoms with Crippen LogP contribution >= 0.6 is 0 Å². The first kappa shape index (κ1) is 28.4. The molecule has 3 aromatic carbocycles. The van der Waals surface area contributed by atoms with Gasteiger partial charge >= 0.3 is 6.03 Å². The van der Waals surface area contributed by atoms with Crippen LogP contribution in [0, 0.1) is 5.82 Å². The number of amides is 2. The summed E-state index contributed by atoms with van der Waals surface area (Å²) in [6.07, 6.45) is 1.56. The van der Waals surface area contributed by atoms with Gasteiger partial charge in [0.05, 0.1) is 19.7 Å². The van der Waals surface area contributed by atoms with Gasteiger partial charge < -0.3 is 24.1 Å². The topological polar surface area (TPSA) is 99.5 Å². The van der Waals surface area contributed by atoms with Crippen LogP contribution in [0.5, 0.6) is 23.0 Å². The van der Waals surface area contributed by atoms with E-state index >= 15 is 4.39 Å². The molecule has 42 heavy (non-hydrogen) atoms. The summed E-state index contributed by atoms with van der Waals surface area (Å²) in [6.45, 7) is 6.17. The molecule has 2 N–H and O–H groups in total. The van der Waals surface area contributed by atoms with Crippen LogP contribution in [0.1, 0.15) is 26.6 Å². The summed E-state index contributed by atoms with van der Waals surface area (Å²) in [4.78, 5) is 22.3. The Bertz CT molecular complexity index is 1760. The minimum absolute atomic E-state index is 0.0175. The molecule has 0 fully saturated rings. The Kier molecular flexibility index (Phi) is 7.71. The van der Waals surface area contributed by atoms with E-state index in [0.29, 0.717) is 39.7 Å². The van der Waals surface area contributed by atoms with Gasteiger partial charge in [0.2, 0.25) is 0 Å². The fourth-order valence-electron chi connectivity index (χ4n) is 4.70. The molecule has 0 spiro atoms. The van der Waals surface area contributed by atoms with E-state index in [9.17, 15) is 4.79 Å². The second kappa shape index (κ2) is 11.4. The van der Waals surface area contributed by atoms with Gasteiger partial charge in [-0.3, -0.25) is 10.3 Å². The van der Waals surface area contributed by atoms with Crippen LogP contribution < -0.4 is 24.8 Å². The normalized spacial score (nSPS) is 11.3. The number of rotatable bonds is 7. The highest BCUT2D eigenvalue weighted by Gasteiger charge is 2.26. The van der Waals surface area contributed by atoms with Gasteiger partial charge in [0.25, 0.3) is 0 Å². The molecule has 0 bridgehead atoms. The number of carbonyl (C=O) groups is 1. The van der Waals surface area contributed by atoms with Crippen molar-refractivity contribution in [1.82, 2.24) is 14.5 Å². The van der Waals surface area contributed by atoms with Gasteiger partial charge in [-0.25, -0.2) is 14.2 Å². The van der Waals surface area contributed by atoms with E-state index in [4.69, 9.17) is 19.2 Å². The number of carbonyl (C=O) groups excluding carboxylic acids is 1. The lowest BCUT2D eigenvalue weighted by molar-refractivity contribution is 0.262. The molecule has 0 aliphatic heterocycles. The Morgan fingerprint density at radius 3 is 2.26 bits per heavy atom. The Labute approximate surface area is 243 Å². The first-order valence-electron chi connectivity index (χ1n) is 13.3. The lowest BCUT2D eigenvalue weighted by Crippen LogP contribution is -2.23. The third kappa shape index (κ3) is 5.69. The van der Waals surface area contributed by atoms with Crippen molar-refractivity contribution in [1.29, 1.82) is 0 Å². The van der Waals surface area contributed by atoms with Crippen LogP contribution in [0.3, 0.4) is 0 Å². The fraction of sp³-hybridized carbons (Fsp3) is 0.219. The molecular formula is C32H32FN5O4. The van der Waals surface area contributed by atoms with Gasteiger partial charge in [-0.1, -0.05) is 51.1 Å². The SMILES string of the molecule is COc1cc2nccc(Oc3ccc(NC(=O)Nc4c(-c5ccccc5)nc(C(C)(C)C)n4C)cc3F)c2cc1OC. The molecular weight excluding hydrogens is 537 g/mol. The first-order chi connectivity index (χ1) is 20.1. The van der Waals surface area contributed by atoms with Gasteiger partial charge in [0.15, 0.2) is 23.1 Å². The highest BCUT2D eigenvalue weighted by Crippen LogP contribution is 2.38. The lowest BCUT2D eigenvalue weighted by Gasteiger charge is -2.18. The average Bonchev–Trinajstić information content (AvgIpc) is 3.30. The predicted octanol–water partition coefficient (Wildman–Crippen LogP) is 7.53. The maximum atomic E-state index is 15.2. The van der Waals surface area contributed by atoms with E-state index < -0.39 is 11.8 Å². The largest absolute Gasteiger partial charge is 0.493 e. The summed E-state index contributed by atoms with van der Waals surface area (Å²) < 4.78 is 33.7. The van der Waals surface area contributed by atoms with Gasteiger partial charge in [-0.05, 0) is 24.3 Å². The zero-order chi connectivity index (χ0) is 30.0. The number of aromatic nitrogens is 3. The van der Waals surface area contributed by atoms with Crippen LogP contribution in [0.25, 0.3) is 22.2 Å². The van der Waals surface area contributed by atoms with Crippen LogP contribution in [0.2, 0.25) is 0 Å². The summed E-state index contributed by atoms with van der Waals surface area (Å²) in [7, 11) is 4.93. The zero-order valence-electron chi connectivity index (χ0n) is 24.3. The molecule has 0 aliphatic rings. The summed E-state index contributed by atoms with van der Waals surface area (Å²) in [5, 5.41) is 6.23. The van der Waals surface area contributed by atoms with E-state index in [1.54, 1.807) is 30.5 Å². The Morgan fingerprint density at radius 2 is 1.60 bits per heavy atom. The van der Waals surface area contributed by atoms with Crippen molar-refractivity contribution < 1.29 is 23.4 Å². The number of ether oxygens (including phenoxy) is 3. The Morgan fingerprint density at radius 1 is 0.881 bits per heavy atom. The van der Waals surface area contributed by atoms with Gasteiger partial charge in [-0.2, -0.15) is 0 Å². The molecule has 5 rings (SSSR count). The smallest absolute Gasteiger partial charge is 0.324 e. The maximum Gasteiger partial charge on any atom is 0.324 e. The minimum Gasteiger partial charge on any atom is -0.493 e. The van der Waals surface area contributed by atoms with E-state index in [0.717, 1.165) is 11.4 Å². The van der Waals surface area contributed by atoms with Crippen molar-refractivity contribution >= 4 is 28.4 Å². The molecule has 0 saturated heterocycles. The summed E-state index contributed by atoms with van der Waals surface area (Å²) in [6, 6.07) is 18.4. The molecule has 0 radical (unpaired) electrons. The summed E-state index contributed by atoms with van der Waals surface area (Å²) >= 11 is 0. The number of fused-ring (bicyclic) bond motifs is 1. The van der Waals surface area contributed by atoms with E-state index in [1.165, 1.54) is 26.4 Å². The van der Waals surface area contributed by atoms with Crippen molar-refractivity contribution in [3.05, 3.63) is 84.6 Å². The molecule has 0 saturated carbocycles. The molecule has 5 aromatic rings. The standard InChI is InChI=1S/C32H32FN5O4/c1-32(2,3)30-36-28(19-10-8-7-9-11-19)29(38(30)4)37-31(39)35-20-12-13-25(22(33)16-20)42-24-14-15-34-23-18-27(41-6)26(40-5)17-21(23)24/h7-18H,1-6H3,(H2,35,37,39). The van der Waals surface area contributed by atoms with E-state index in [-0.39, 0.29) is 16.9 Å². The molecule has 9 nitrogen and oxygen atoms in total. The Balaban J connectivity index is 1.37. The molecule has 216 valence electrons. The van der Waals surface area contributed by atoms with Crippen LogP contribution in [-0.4, -0.2) is 34.8 Å². The lowest BCUT2D eigenvalue weighted by atomic mass is 9.96. The van der Waals surface area contributed by atoms with Crippen LogP contribution in [0.4, 0.5) is 20.7 Å². The van der Waals surface area contributed by atoms with Crippen molar-refractivity contribution in [3.63, 3.8) is 0 Å². The van der Waals surface area contributed by atoms with Crippen molar-refractivity contribution in [2.45, 2.75) is 26.2 Å². The van der Waals surface area contributed by atoms with Gasteiger partial charge in [0.1, 0.15) is 23.1 Å². The van der Waals surface area contributed by atoms with Crippen molar-refractivity contribution in [2.75, 3.05) is 24.9 Å². The Hall–Kier alpha value is -5.12. The molecule has 0 aliphatic carbocycles. The van der Waals surface area contributed by atoms with Gasteiger partial charge in [-0.15, -0.1) is 0 Å². The first-order valence-corrected chi connectivity index (χ1v) is 13.3. The number of anilines is 2. The minimum atomic E-state index is -0.654. The number of urea groups is 1. The maximum absolute atomic E-state index is 15.2. The molecule has 10 heteroatoms. The third-order valence-corrected chi connectivity index (χ3v) is 6.66. The molecule has 2 heterocycles. The number of nitrogens with one attached hydrogen (secondary N) is 2.